The molecule has 7 heteroatoms. The van der Waals surface area contributed by atoms with Crippen LogP contribution in [0.4, 0.5) is 11.4 Å². The average molecular weight is 321 g/mol. The Morgan fingerprint density at radius 1 is 1.33 bits per heavy atom. The van der Waals surface area contributed by atoms with Crippen molar-refractivity contribution in [3.63, 3.8) is 0 Å². The van der Waals surface area contributed by atoms with Crippen LogP contribution in [0.1, 0.15) is 5.56 Å². The van der Waals surface area contributed by atoms with Crippen LogP contribution in [-0.4, -0.2) is 11.1 Å². The van der Waals surface area contributed by atoms with Crippen molar-refractivity contribution >= 4 is 40.9 Å². The fourth-order valence-electron chi connectivity index (χ4n) is 1.95. The summed E-state index contributed by atoms with van der Waals surface area (Å²) in [7, 11) is 0. The average Bonchev–Trinajstić information content (AvgIpc) is 2.48. The molecule has 0 unspecified atom stereocenters. The molecule has 0 aromatic heterocycles. The van der Waals surface area contributed by atoms with Crippen LogP contribution in [0.25, 0.3) is 0 Å². The maximum atomic E-state index is 9.93. The number of aliphatic imine (C=N–C) groups is 1. The molecule has 1 heterocycles. The van der Waals surface area contributed by atoms with Crippen molar-refractivity contribution in [2.45, 2.75) is 11.4 Å². The summed E-state index contributed by atoms with van der Waals surface area (Å²) >= 11 is 7.25. The summed E-state index contributed by atoms with van der Waals surface area (Å²) in [4.78, 5) is 5.15. The predicted molar refractivity (Wildman–Crippen MR) is 87.2 cm³/mol. The lowest BCUT2D eigenvalue weighted by Gasteiger charge is -2.18. The molecule has 5 N–H and O–H groups in total. The Kier molecular flexibility index (Phi) is 3.92. The molecule has 0 amide bonds. The monoisotopic (exact) mass is 320 g/mol. The number of hydrogen-bond acceptors (Lipinski definition) is 6. The van der Waals surface area contributed by atoms with Gasteiger partial charge in [-0.3, -0.25) is 4.72 Å². The predicted octanol–water partition coefficient (Wildman–Crippen LogP) is 3.21. The zero-order chi connectivity index (χ0) is 14.8. The zero-order valence-corrected chi connectivity index (χ0v) is 12.5. The molecule has 3 rings (SSSR count). The van der Waals surface area contributed by atoms with Gasteiger partial charge >= 0.3 is 0 Å². The molecule has 21 heavy (non-hydrogen) atoms. The van der Waals surface area contributed by atoms with Crippen LogP contribution in [0, 0.1) is 0 Å². The molecule has 108 valence electrons. The molecule has 0 atom stereocenters. The van der Waals surface area contributed by atoms with Gasteiger partial charge in [-0.15, -0.1) is 0 Å². The van der Waals surface area contributed by atoms with Gasteiger partial charge < -0.3 is 16.2 Å². The van der Waals surface area contributed by atoms with Gasteiger partial charge in [0.2, 0.25) is 5.96 Å². The summed E-state index contributed by atoms with van der Waals surface area (Å²) < 4.78 is 3.07. The van der Waals surface area contributed by atoms with Gasteiger partial charge in [-0.2, -0.15) is 0 Å². The highest BCUT2D eigenvalue weighted by atomic mass is 35.5. The number of guanidine groups is 1. The Morgan fingerprint density at radius 3 is 3.00 bits per heavy atom. The van der Waals surface area contributed by atoms with Gasteiger partial charge in [0.05, 0.1) is 4.90 Å². The van der Waals surface area contributed by atoms with Gasteiger partial charge in [0, 0.05) is 23.3 Å². The first-order valence-corrected chi connectivity index (χ1v) is 7.45. The van der Waals surface area contributed by atoms with Crippen molar-refractivity contribution in [2.75, 3.05) is 5.32 Å². The quantitative estimate of drug-likeness (QED) is 0.639. The number of halogens is 1. The van der Waals surface area contributed by atoms with E-state index < -0.39 is 0 Å². The first kappa shape index (κ1) is 14.1. The van der Waals surface area contributed by atoms with Crippen LogP contribution in [0.3, 0.4) is 0 Å². The highest BCUT2D eigenvalue weighted by molar-refractivity contribution is 7.98. The number of nitrogens with two attached hydrogens (primary N) is 1. The van der Waals surface area contributed by atoms with E-state index in [9.17, 15) is 5.11 Å². The van der Waals surface area contributed by atoms with Gasteiger partial charge in [0.1, 0.15) is 11.4 Å². The second-order valence-electron chi connectivity index (χ2n) is 4.47. The van der Waals surface area contributed by atoms with E-state index in [4.69, 9.17) is 17.3 Å². The molecular weight excluding hydrogens is 308 g/mol. The van der Waals surface area contributed by atoms with Crippen molar-refractivity contribution in [1.29, 1.82) is 0 Å². The van der Waals surface area contributed by atoms with E-state index >= 15 is 0 Å². The normalized spacial score (nSPS) is 13.1. The van der Waals surface area contributed by atoms with Gasteiger partial charge in [0.15, 0.2) is 0 Å². The smallest absolute Gasteiger partial charge is 0.211 e. The maximum absolute atomic E-state index is 9.93. The number of phenolic OH excluding ortho intramolecular Hbond substituents is 1. The number of nitrogens with one attached hydrogen (secondary N) is 2. The number of fused-ring (bicyclic) bond motifs is 1. The molecule has 0 fully saturated rings. The molecule has 1 aliphatic heterocycles. The third-order valence-electron chi connectivity index (χ3n) is 2.93. The van der Waals surface area contributed by atoms with Crippen LogP contribution < -0.4 is 15.8 Å². The second-order valence-corrected chi connectivity index (χ2v) is 5.75. The molecule has 0 bridgehead atoms. The summed E-state index contributed by atoms with van der Waals surface area (Å²) in [5, 5.41) is 13.6. The highest BCUT2D eigenvalue weighted by Gasteiger charge is 2.17. The standard InChI is InChI=1S/C14H13ClN4OS/c15-9-5-11(20)13-12(6-9)21-19-14(18-13)17-10-3-1-2-8(4-10)7-16/h1-6,20H,7,16H2,(H2,17,18,19). The van der Waals surface area contributed by atoms with Crippen LogP contribution >= 0.6 is 23.5 Å². The molecule has 2 aromatic rings. The topological polar surface area (TPSA) is 82.7 Å². The minimum atomic E-state index is 0.0570. The van der Waals surface area contributed by atoms with Crippen LogP contribution in [0.15, 0.2) is 46.3 Å². The lowest BCUT2D eigenvalue weighted by atomic mass is 10.2. The van der Waals surface area contributed by atoms with E-state index in [1.54, 1.807) is 6.07 Å². The lowest BCUT2D eigenvalue weighted by molar-refractivity contribution is 0.475. The number of anilines is 1. The zero-order valence-electron chi connectivity index (χ0n) is 10.9. The van der Waals surface area contributed by atoms with Crippen LogP contribution in [0.5, 0.6) is 5.75 Å². The first-order chi connectivity index (χ1) is 10.2. The molecule has 5 nitrogen and oxygen atoms in total. The Morgan fingerprint density at radius 2 is 2.19 bits per heavy atom. The number of aromatic hydroxyl groups is 1. The summed E-state index contributed by atoms with van der Waals surface area (Å²) in [5.74, 6) is 0.598. The molecule has 2 aromatic carbocycles. The van der Waals surface area contributed by atoms with Gasteiger partial charge in [-0.05, 0) is 35.7 Å². The molecular formula is C14H13ClN4OS. The number of benzene rings is 2. The van der Waals surface area contributed by atoms with E-state index in [-0.39, 0.29) is 5.75 Å². The second kappa shape index (κ2) is 5.85. The minimum absolute atomic E-state index is 0.0570. The van der Waals surface area contributed by atoms with Gasteiger partial charge in [-0.25, -0.2) is 4.99 Å². The lowest BCUT2D eigenvalue weighted by Crippen LogP contribution is -2.26. The summed E-state index contributed by atoms with van der Waals surface area (Å²) in [6.45, 7) is 0.478. The van der Waals surface area contributed by atoms with Gasteiger partial charge in [-0.1, -0.05) is 23.7 Å². The fraction of sp³-hybridized carbons (Fsp3) is 0.0714. The van der Waals surface area contributed by atoms with E-state index in [0.717, 1.165) is 16.1 Å². The Bertz CT molecular complexity index is 720. The molecule has 0 saturated carbocycles. The molecule has 0 spiro atoms. The molecule has 0 radical (unpaired) electrons. The molecule has 0 aliphatic carbocycles. The number of nitrogens with zero attached hydrogens (tertiary/aromatic N) is 1. The minimum Gasteiger partial charge on any atom is -0.506 e. The third-order valence-corrected chi connectivity index (χ3v) is 3.97. The van der Waals surface area contributed by atoms with Crippen molar-refractivity contribution in [3.8, 4) is 5.75 Å². The Labute approximate surface area is 131 Å². The van der Waals surface area contributed by atoms with Crippen molar-refractivity contribution < 1.29 is 5.11 Å². The number of rotatable bonds is 2. The summed E-state index contributed by atoms with van der Waals surface area (Å²) in [6, 6.07) is 11.0. The molecule has 0 saturated heterocycles. The Balaban J connectivity index is 1.88. The van der Waals surface area contributed by atoms with Crippen LogP contribution in [-0.2, 0) is 6.54 Å². The van der Waals surface area contributed by atoms with E-state index in [0.29, 0.717) is 23.2 Å². The maximum Gasteiger partial charge on any atom is 0.211 e. The number of phenols is 1. The largest absolute Gasteiger partial charge is 0.506 e. The van der Waals surface area contributed by atoms with Crippen molar-refractivity contribution in [2.24, 2.45) is 10.7 Å². The summed E-state index contributed by atoms with van der Waals surface area (Å²) in [6.07, 6.45) is 0. The van der Waals surface area contributed by atoms with Crippen LogP contribution in [0.2, 0.25) is 5.02 Å². The van der Waals surface area contributed by atoms with E-state index in [1.807, 2.05) is 24.3 Å². The molecule has 1 aliphatic rings. The van der Waals surface area contributed by atoms with Gasteiger partial charge in [0.25, 0.3) is 0 Å². The summed E-state index contributed by atoms with van der Waals surface area (Å²) in [5.41, 5.74) is 8.03. The third kappa shape index (κ3) is 3.07. The number of hydrogen-bond donors (Lipinski definition) is 4. The first-order valence-electron chi connectivity index (χ1n) is 6.26. The highest BCUT2D eigenvalue weighted by Crippen LogP contribution is 2.40. The van der Waals surface area contributed by atoms with Crippen molar-refractivity contribution in [3.05, 3.63) is 47.0 Å². The van der Waals surface area contributed by atoms with E-state index in [1.165, 1.54) is 18.0 Å². The van der Waals surface area contributed by atoms with E-state index in [2.05, 4.69) is 15.0 Å². The Hall–Kier alpha value is -1.89. The van der Waals surface area contributed by atoms with Crippen molar-refractivity contribution in [1.82, 2.24) is 4.72 Å². The SMILES string of the molecule is NCc1cccc(NC2=Nc3c(O)cc(Cl)cc3SN2)c1. The fourth-order valence-corrected chi connectivity index (χ4v) is 2.97.